The van der Waals surface area contributed by atoms with Gasteiger partial charge in [0.1, 0.15) is 0 Å². The zero-order valence-corrected chi connectivity index (χ0v) is 40.2. The fourth-order valence-corrected chi connectivity index (χ4v) is 19.5. The Morgan fingerprint density at radius 2 is 0.686 bits per heavy atom. The van der Waals surface area contributed by atoms with Crippen molar-refractivity contribution in [2.75, 3.05) is 0 Å². The number of benzene rings is 11. The number of hydrogen-bond donors (Lipinski definition) is 0. The predicted molar refractivity (Wildman–Crippen MR) is 294 cm³/mol. The van der Waals surface area contributed by atoms with Crippen LogP contribution in [0.25, 0.3) is 38.6 Å². The lowest BCUT2D eigenvalue weighted by Gasteiger charge is -2.43. The molecule has 13 rings (SSSR count). The molecule has 11 aromatic carbocycles. The number of nitrogens with zero attached hydrogens (tertiary/aromatic N) is 1. The molecule has 1 unspecified atom stereocenters. The van der Waals surface area contributed by atoms with Crippen LogP contribution >= 0.6 is 20.1 Å². The highest BCUT2D eigenvalue weighted by Gasteiger charge is 2.41. The van der Waals surface area contributed by atoms with Gasteiger partial charge in [-0.25, -0.2) is 0 Å². The van der Waals surface area contributed by atoms with Crippen molar-refractivity contribution in [3.8, 4) is 16.8 Å². The van der Waals surface area contributed by atoms with Crippen LogP contribution in [-0.4, -0.2) is 4.57 Å². The van der Waals surface area contributed by atoms with Crippen LogP contribution in [0.1, 0.15) is 22.6 Å². The van der Waals surface area contributed by atoms with Crippen LogP contribution in [0, 0.1) is 0 Å². The van der Waals surface area contributed by atoms with E-state index in [1.165, 1.54) is 88.8 Å². The van der Waals surface area contributed by atoms with Gasteiger partial charge in [0.25, 0.3) is 0 Å². The van der Waals surface area contributed by atoms with Gasteiger partial charge in [-0.15, -0.1) is 20.1 Å². The fourth-order valence-electron chi connectivity index (χ4n) is 11.5. The van der Waals surface area contributed by atoms with E-state index in [1.807, 2.05) is 0 Å². The Kier molecular flexibility index (Phi) is 10.5. The van der Waals surface area contributed by atoms with Gasteiger partial charge in [0, 0.05) is 61.5 Å². The van der Waals surface area contributed by atoms with Gasteiger partial charge in [0.15, 0.2) is 0 Å². The van der Waals surface area contributed by atoms with Gasteiger partial charge in [-0.05, 0) is 137 Å². The molecule has 0 amide bonds. The Morgan fingerprint density at radius 1 is 0.286 bits per heavy atom. The summed E-state index contributed by atoms with van der Waals surface area (Å²) in [6.45, 7) is 0. The maximum Gasteiger partial charge on any atom is 0.0544 e. The first-order chi connectivity index (χ1) is 34.8. The smallest absolute Gasteiger partial charge is 0.0544 e. The fraction of sp³-hybridized carbons (Fsp3) is 0.0149. The molecule has 1 nitrogen and oxygen atoms in total. The zero-order valence-electron chi connectivity index (χ0n) is 38.6. The highest BCUT2D eigenvalue weighted by atomic mass is 32.3. The first-order valence-corrected chi connectivity index (χ1v) is 27.4. The summed E-state index contributed by atoms with van der Waals surface area (Å²) < 4.78 is 2.52. The van der Waals surface area contributed by atoms with Crippen LogP contribution in [0.15, 0.2) is 330 Å². The molecule has 3 heteroatoms. The summed E-state index contributed by atoms with van der Waals surface area (Å²) in [5, 5.41) is 2.55. The first kappa shape index (κ1) is 42.1. The lowest BCUT2D eigenvalue weighted by Crippen LogP contribution is -2.07. The van der Waals surface area contributed by atoms with Crippen LogP contribution in [0.4, 0.5) is 0 Å². The summed E-state index contributed by atoms with van der Waals surface area (Å²) in [4.78, 5) is 10.6. The van der Waals surface area contributed by atoms with E-state index in [9.17, 15) is 0 Å². The van der Waals surface area contributed by atoms with Gasteiger partial charge in [-0.3, -0.25) is 0 Å². The van der Waals surface area contributed by atoms with Gasteiger partial charge in [0.2, 0.25) is 0 Å². The zero-order chi connectivity index (χ0) is 46.5. The average molecular weight is 932 g/mol. The molecule has 70 heavy (non-hydrogen) atoms. The molecule has 0 spiro atoms. The van der Waals surface area contributed by atoms with E-state index >= 15 is 0 Å². The van der Waals surface area contributed by atoms with Crippen molar-refractivity contribution in [3.63, 3.8) is 0 Å². The van der Waals surface area contributed by atoms with E-state index in [1.54, 1.807) is 0 Å². The van der Waals surface area contributed by atoms with Gasteiger partial charge >= 0.3 is 0 Å². The number of para-hydroxylation sites is 1. The normalized spacial score (nSPS) is 13.7. The van der Waals surface area contributed by atoms with Crippen molar-refractivity contribution in [1.82, 2.24) is 4.57 Å². The number of hydrogen-bond acceptors (Lipinski definition) is 0. The number of rotatable bonds is 10. The topological polar surface area (TPSA) is 4.93 Å². The monoisotopic (exact) mass is 931 g/mol. The summed E-state index contributed by atoms with van der Waals surface area (Å²) in [6, 6.07) is 109. The number of fused-ring (bicyclic) bond motifs is 6. The minimum absolute atomic E-state index is 0.00574. The van der Waals surface area contributed by atoms with E-state index in [0.717, 1.165) is 5.69 Å². The molecule has 0 bridgehead atoms. The molecule has 1 atom stereocenters. The highest BCUT2D eigenvalue weighted by Crippen LogP contribution is 2.76. The molecule has 1 heterocycles. The second-order valence-electron chi connectivity index (χ2n) is 17.9. The second kappa shape index (κ2) is 17.5. The van der Waals surface area contributed by atoms with Crippen LogP contribution < -0.4 is 0 Å². The van der Waals surface area contributed by atoms with Gasteiger partial charge in [-0.2, -0.15) is 0 Å². The quantitative estimate of drug-likeness (QED) is 0.129. The first-order valence-electron chi connectivity index (χ1n) is 24.1. The van der Waals surface area contributed by atoms with E-state index in [0.29, 0.717) is 0 Å². The predicted octanol–water partition coefficient (Wildman–Crippen LogP) is 18.6. The Bertz CT molecular complexity index is 3620. The highest BCUT2D eigenvalue weighted by molar-refractivity contribution is 8.34. The van der Waals surface area contributed by atoms with Crippen molar-refractivity contribution in [1.29, 1.82) is 0 Å². The van der Waals surface area contributed by atoms with E-state index in [2.05, 4.69) is 296 Å². The van der Waals surface area contributed by atoms with Crippen molar-refractivity contribution in [2.24, 2.45) is 0 Å². The molecular weight excluding hydrogens is 883 g/mol. The maximum atomic E-state index is 2.52. The van der Waals surface area contributed by atoms with Crippen molar-refractivity contribution in [3.05, 3.63) is 308 Å². The summed E-state index contributed by atoms with van der Waals surface area (Å²) >= 11 is 0. The largest absolute Gasteiger partial charge is 0.309 e. The minimum atomic E-state index is -1.97. The Balaban J connectivity index is 1.06. The maximum absolute atomic E-state index is 2.52. The van der Waals surface area contributed by atoms with E-state index in [4.69, 9.17) is 0 Å². The standard InChI is InChI=1S/C67H49NS2/c1-7-27-50(28-8-1)69(51-29-9-2-10-30-51,52-31-11-3-12-32-52)56-39-23-26-49(48-56)68-62-45-22-21-42-59(62)66-60(43-24-46-63(66)68)65-57-40-19-20-41-58(57)67-61(65)44-25-47-64(67)70(53-33-13-4-14-34-53,54-35-15-5-16-36-54)55-37-17-6-18-38-55/h1-48,65H. The van der Waals surface area contributed by atoms with Crippen molar-refractivity contribution >= 4 is 41.9 Å². The van der Waals surface area contributed by atoms with Gasteiger partial charge < -0.3 is 4.57 Å². The van der Waals surface area contributed by atoms with Crippen molar-refractivity contribution in [2.45, 2.75) is 45.1 Å². The van der Waals surface area contributed by atoms with Crippen LogP contribution in [0.5, 0.6) is 0 Å². The van der Waals surface area contributed by atoms with Crippen LogP contribution in [0.3, 0.4) is 0 Å². The SMILES string of the molecule is c1ccc(S(c2ccccc2)(c2ccccc2)c2cccc(-n3c4ccccc4c4c(C5c6ccccc6-c6c5cccc6S(c5ccccc5)(c5ccccc5)c5ccccc5)cccc43)c2)cc1. The summed E-state index contributed by atoms with van der Waals surface area (Å²) in [5.74, 6) is 0.00574. The van der Waals surface area contributed by atoms with Gasteiger partial charge in [0.05, 0.1) is 11.0 Å². The molecule has 0 N–H and O–H groups in total. The molecule has 0 radical (unpaired) electrons. The average Bonchev–Trinajstić information content (AvgIpc) is 3.97. The van der Waals surface area contributed by atoms with Crippen molar-refractivity contribution < 1.29 is 0 Å². The molecule has 12 aromatic rings. The molecule has 0 aliphatic heterocycles. The lowest BCUT2D eigenvalue weighted by molar-refractivity contribution is 1.02. The number of aromatic nitrogens is 1. The molecule has 0 saturated carbocycles. The van der Waals surface area contributed by atoms with Gasteiger partial charge in [-0.1, -0.05) is 182 Å². The Labute approximate surface area is 413 Å². The van der Waals surface area contributed by atoms with Crippen LogP contribution in [-0.2, 0) is 0 Å². The van der Waals surface area contributed by atoms with E-state index < -0.39 is 20.1 Å². The second-order valence-corrected chi connectivity index (χ2v) is 24.1. The minimum Gasteiger partial charge on any atom is -0.309 e. The molecule has 1 aliphatic carbocycles. The molecule has 0 fully saturated rings. The summed E-state index contributed by atoms with van der Waals surface area (Å²) in [6.07, 6.45) is 0. The molecule has 0 saturated heterocycles. The summed E-state index contributed by atoms with van der Waals surface area (Å²) in [5.41, 5.74) is 10.2. The lowest BCUT2D eigenvalue weighted by atomic mass is 9.86. The van der Waals surface area contributed by atoms with Crippen LogP contribution in [0.2, 0.25) is 0 Å². The summed E-state index contributed by atoms with van der Waals surface area (Å²) in [7, 11) is -3.88. The molecule has 334 valence electrons. The van der Waals surface area contributed by atoms with E-state index in [-0.39, 0.29) is 5.92 Å². The molecule has 1 aliphatic rings. The molecular formula is C67H49NS2. The Morgan fingerprint density at radius 3 is 1.24 bits per heavy atom. The third kappa shape index (κ3) is 6.43. The third-order valence-electron chi connectivity index (χ3n) is 14.3. The Hall–Kier alpha value is -8.08. The molecule has 1 aromatic heterocycles. The third-order valence-corrected chi connectivity index (χ3v) is 22.1.